The molecule has 0 aliphatic heterocycles. The van der Waals surface area contributed by atoms with E-state index in [0.29, 0.717) is 23.8 Å². The van der Waals surface area contributed by atoms with Gasteiger partial charge in [-0.25, -0.2) is 0 Å². The van der Waals surface area contributed by atoms with Gasteiger partial charge in [-0.05, 0) is 23.6 Å². The van der Waals surface area contributed by atoms with Gasteiger partial charge in [-0.1, -0.05) is 36.4 Å². The lowest BCUT2D eigenvalue weighted by Gasteiger charge is -2.08. The third-order valence-corrected chi connectivity index (χ3v) is 3.73. The van der Waals surface area contributed by atoms with E-state index in [2.05, 4.69) is 20.5 Å². The molecule has 0 amide bonds. The number of rotatable bonds is 4. The Hall–Kier alpha value is -3.41. The largest absolute Gasteiger partial charge is 0.469 e. The Morgan fingerprint density at radius 2 is 1.88 bits per heavy atom. The van der Waals surface area contributed by atoms with Crippen molar-refractivity contribution in [2.75, 3.05) is 5.32 Å². The van der Waals surface area contributed by atoms with E-state index in [1.807, 2.05) is 42.5 Å². The number of nitrogens with one attached hydrogen (secondary N) is 2. The molecule has 0 atom stereocenters. The van der Waals surface area contributed by atoms with Gasteiger partial charge in [0.2, 0.25) is 5.95 Å². The fourth-order valence-electron chi connectivity index (χ4n) is 2.57. The van der Waals surface area contributed by atoms with E-state index in [-0.39, 0.29) is 5.56 Å². The first-order valence-corrected chi connectivity index (χ1v) is 7.52. The summed E-state index contributed by atoms with van der Waals surface area (Å²) in [5, 5.41) is 13.3. The van der Waals surface area contributed by atoms with E-state index in [4.69, 9.17) is 4.42 Å². The molecule has 4 aromatic rings. The standard InChI is InChI=1S/C18H14N4O2/c23-17-16(11-13-7-4-10-24-13)21-22-18(20-17)19-15-9-3-6-12-5-1-2-8-14(12)15/h1-10H,11H2,(H2,19,20,22,23). The number of hydrogen-bond donors (Lipinski definition) is 2. The molecule has 0 bridgehead atoms. The maximum Gasteiger partial charge on any atom is 0.274 e. The third kappa shape index (κ3) is 2.77. The van der Waals surface area contributed by atoms with Gasteiger partial charge in [-0.3, -0.25) is 9.78 Å². The molecule has 0 aliphatic carbocycles. The van der Waals surface area contributed by atoms with E-state index in [9.17, 15) is 4.79 Å². The zero-order chi connectivity index (χ0) is 16.4. The lowest BCUT2D eigenvalue weighted by atomic mass is 10.1. The highest BCUT2D eigenvalue weighted by Gasteiger charge is 2.08. The van der Waals surface area contributed by atoms with Crippen molar-refractivity contribution in [2.45, 2.75) is 6.42 Å². The van der Waals surface area contributed by atoms with Gasteiger partial charge in [-0.15, -0.1) is 10.2 Å². The number of benzene rings is 2. The van der Waals surface area contributed by atoms with Crippen LogP contribution in [0.25, 0.3) is 10.8 Å². The molecule has 2 aromatic carbocycles. The molecule has 2 N–H and O–H groups in total. The fourth-order valence-corrected chi connectivity index (χ4v) is 2.57. The third-order valence-electron chi connectivity index (χ3n) is 3.73. The van der Waals surface area contributed by atoms with Gasteiger partial charge in [0.1, 0.15) is 11.5 Å². The minimum Gasteiger partial charge on any atom is -0.469 e. The van der Waals surface area contributed by atoms with Crippen LogP contribution in [0.2, 0.25) is 0 Å². The summed E-state index contributed by atoms with van der Waals surface area (Å²) >= 11 is 0. The summed E-state index contributed by atoms with van der Waals surface area (Å²) in [6.45, 7) is 0. The smallest absolute Gasteiger partial charge is 0.274 e. The van der Waals surface area contributed by atoms with Gasteiger partial charge in [0.25, 0.3) is 5.56 Å². The molecule has 24 heavy (non-hydrogen) atoms. The average Bonchev–Trinajstić information content (AvgIpc) is 3.11. The van der Waals surface area contributed by atoms with E-state index in [1.54, 1.807) is 18.4 Å². The van der Waals surface area contributed by atoms with Crippen molar-refractivity contribution in [3.8, 4) is 0 Å². The highest BCUT2D eigenvalue weighted by Crippen LogP contribution is 2.24. The normalized spacial score (nSPS) is 10.8. The first-order valence-electron chi connectivity index (χ1n) is 7.52. The number of furan rings is 1. The van der Waals surface area contributed by atoms with Crippen LogP contribution in [0.1, 0.15) is 11.5 Å². The number of nitrogens with zero attached hydrogens (tertiary/aromatic N) is 2. The van der Waals surface area contributed by atoms with Crippen LogP contribution in [-0.2, 0) is 6.42 Å². The number of H-pyrrole nitrogens is 1. The molecular weight excluding hydrogens is 304 g/mol. The molecule has 6 nitrogen and oxygen atoms in total. The van der Waals surface area contributed by atoms with Crippen LogP contribution in [0.15, 0.2) is 70.1 Å². The maximum atomic E-state index is 12.2. The van der Waals surface area contributed by atoms with Gasteiger partial charge in [0.15, 0.2) is 0 Å². The minimum absolute atomic E-state index is 0.288. The predicted octanol–water partition coefficient (Wildman–Crippen LogP) is 3.25. The Morgan fingerprint density at radius 1 is 1.00 bits per heavy atom. The van der Waals surface area contributed by atoms with Gasteiger partial charge >= 0.3 is 0 Å². The zero-order valence-electron chi connectivity index (χ0n) is 12.7. The molecule has 2 aromatic heterocycles. The van der Waals surface area contributed by atoms with Gasteiger partial charge in [-0.2, -0.15) is 0 Å². The molecule has 0 aliphatic rings. The summed E-state index contributed by atoms with van der Waals surface area (Å²) in [4.78, 5) is 14.9. The van der Waals surface area contributed by atoms with Crippen molar-refractivity contribution in [1.82, 2.24) is 15.2 Å². The van der Waals surface area contributed by atoms with Gasteiger partial charge in [0, 0.05) is 11.1 Å². The van der Waals surface area contributed by atoms with Crippen molar-refractivity contribution >= 4 is 22.4 Å². The van der Waals surface area contributed by atoms with Crippen molar-refractivity contribution in [1.29, 1.82) is 0 Å². The summed E-state index contributed by atoms with van der Waals surface area (Å²) in [6, 6.07) is 17.5. The van der Waals surface area contributed by atoms with Crippen LogP contribution >= 0.6 is 0 Å². The number of fused-ring (bicyclic) bond motifs is 1. The molecule has 0 fully saturated rings. The van der Waals surface area contributed by atoms with Crippen LogP contribution in [-0.4, -0.2) is 15.2 Å². The van der Waals surface area contributed by atoms with Crippen LogP contribution in [0, 0.1) is 0 Å². The Labute approximate surface area is 137 Å². The second kappa shape index (κ2) is 6.00. The number of hydrogen-bond acceptors (Lipinski definition) is 5. The summed E-state index contributed by atoms with van der Waals surface area (Å²) in [5.41, 5.74) is 0.884. The molecule has 0 unspecified atom stereocenters. The van der Waals surface area contributed by atoms with Crippen molar-refractivity contribution in [3.63, 3.8) is 0 Å². The van der Waals surface area contributed by atoms with E-state index >= 15 is 0 Å². The first-order chi connectivity index (χ1) is 11.8. The van der Waals surface area contributed by atoms with Crippen molar-refractivity contribution in [2.24, 2.45) is 0 Å². The van der Waals surface area contributed by atoms with E-state index < -0.39 is 0 Å². The number of anilines is 2. The molecule has 0 radical (unpaired) electrons. The predicted molar refractivity (Wildman–Crippen MR) is 91.4 cm³/mol. The molecule has 118 valence electrons. The lowest BCUT2D eigenvalue weighted by Crippen LogP contribution is -2.18. The minimum atomic E-state index is -0.288. The molecule has 4 rings (SSSR count). The monoisotopic (exact) mass is 318 g/mol. The van der Waals surface area contributed by atoms with Gasteiger partial charge < -0.3 is 9.73 Å². The Bertz CT molecular complexity index is 1030. The fraction of sp³-hybridized carbons (Fsp3) is 0.0556. The molecule has 0 saturated carbocycles. The summed E-state index contributed by atoms with van der Waals surface area (Å²) in [5.74, 6) is 0.976. The first kappa shape index (κ1) is 14.2. The quantitative estimate of drug-likeness (QED) is 0.603. The second-order valence-electron chi connectivity index (χ2n) is 5.36. The summed E-state index contributed by atoms with van der Waals surface area (Å²) in [6.07, 6.45) is 1.87. The lowest BCUT2D eigenvalue weighted by molar-refractivity contribution is 0.517. The van der Waals surface area contributed by atoms with Crippen molar-refractivity contribution < 1.29 is 4.42 Å². The molecule has 2 heterocycles. The number of aromatic amines is 1. The van der Waals surface area contributed by atoms with Crippen LogP contribution in [0.3, 0.4) is 0 Å². The Kier molecular flexibility index (Phi) is 3.55. The zero-order valence-corrected chi connectivity index (χ0v) is 12.7. The van der Waals surface area contributed by atoms with Crippen molar-refractivity contribution in [3.05, 3.63) is 82.7 Å². The topological polar surface area (TPSA) is 83.8 Å². The highest BCUT2D eigenvalue weighted by atomic mass is 16.3. The van der Waals surface area contributed by atoms with E-state index in [1.165, 1.54) is 0 Å². The maximum absolute atomic E-state index is 12.2. The van der Waals surface area contributed by atoms with E-state index in [0.717, 1.165) is 16.5 Å². The second-order valence-corrected chi connectivity index (χ2v) is 5.36. The molecule has 0 saturated heterocycles. The SMILES string of the molecule is O=c1[nH]c(Nc2cccc3ccccc23)nnc1Cc1ccco1. The Morgan fingerprint density at radius 3 is 2.71 bits per heavy atom. The number of aromatic nitrogens is 3. The average molecular weight is 318 g/mol. The molecule has 6 heteroatoms. The highest BCUT2D eigenvalue weighted by molar-refractivity contribution is 5.94. The molecule has 0 spiro atoms. The van der Waals surface area contributed by atoms with Crippen LogP contribution in [0.4, 0.5) is 11.6 Å². The summed E-state index contributed by atoms with van der Waals surface area (Å²) < 4.78 is 5.23. The summed E-state index contributed by atoms with van der Waals surface area (Å²) in [7, 11) is 0. The molecular formula is C18H14N4O2. The van der Waals surface area contributed by atoms with Crippen LogP contribution < -0.4 is 10.9 Å². The van der Waals surface area contributed by atoms with Crippen LogP contribution in [0.5, 0.6) is 0 Å². The Balaban J connectivity index is 1.63. The van der Waals surface area contributed by atoms with Gasteiger partial charge in [0.05, 0.1) is 12.7 Å².